The Bertz CT molecular complexity index is 1100. The maximum absolute atomic E-state index is 14.5. The molecular weight excluding hydrogens is 430 g/mol. The fourth-order valence-electron chi connectivity index (χ4n) is 4.20. The van der Waals surface area contributed by atoms with Crippen LogP contribution in [0.5, 0.6) is 0 Å². The Morgan fingerprint density at radius 2 is 1.28 bits per heavy atom. The van der Waals surface area contributed by atoms with Crippen molar-refractivity contribution in [2.24, 2.45) is 0 Å². The largest absolute Gasteiger partial charge is 0.271 e. The lowest BCUT2D eigenvalue weighted by molar-refractivity contribution is 0.0776. The summed E-state index contributed by atoms with van der Waals surface area (Å²) >= 11 is 7.29. The molecule has 0 N–H and O–H groups in total. The van der Waals surface area contributed by atoms with Crippen LogP contribution in [0.4, 0.5) is 17.6 Å². The number of allylic oxidation sites excluding steroid dienone is 2. The predicted octanol–water partition coefficient (Wildman–Crippen LogP) is 4.91. The van der Waals surface area contributed by atoms with Crippen LogP contribution in [0, 0.1) is 23.3 Å². The first-order valence-electron chi connectivity index (χ1n) is 8.65. The number of hydrogen-bond donors (Lipinski definition) is 0. The van der Waals surface area contributed by atoms with Gasteiger partial charge in [0.2, 0.25) is 0 Å². The van der Waals surface area contributed by atoms with Gasteiger partial charge in [-0.25, -0.2) is 21.9 Å². The van der Waals surface area contributed by atoms with E-state index in [9.17, 15) is 27.2 Å². The molecule has 9 heteroatoms. The topological polar surface area (TPSA) is 37.4 Å². The summed E-state index contributed by atoms with van der Waals surface area (Å²) in [6.07, 6.45) is 3.05. The van der Waals surface area contributed by atoms with E-state index in [0.717, 1.165) is 16.3 Å². The quantitative estimate of drug-likeness (QED) is 0.127. The zero-order valence-electron chi connectivity index (χ0n) is 14.3. The van der Waals surface area contributed by atoms with Gasteiger partial charge in [0.15, 0.2) is 23.3 Å². The van der Waals surface area contributed by atoms with Crippen LogP contribution >= 0.6 is 23.5 Å². The van der Waals surface area contributed by atoms with Gasteiger partial charge in [0, 0.05) is 23.0 Å². The Balaban J connectivity index is 1.56. The van der Waals surface area contributed by atoms with E-state index in [0.29, 0.717) is 0 Å². The molecule has 29 heavy (non-hydrogen) atoms. The van der Waals surface area contributed by atoms with Crippen molar-refractivity contribution in [2.45, 2.75) is 22.5 Å². The van der Waals surface area contributed by atoms with E-state index in [1.54, 1.807) is 12.1 Å². The van der Waals surface area contributed by atoms with Crippen molar-refractivity contribution in [2.75, 3.05) is 0 Å². The number of halogens is 5. The number of carbonyl (C=O) groups is 2. The zero-order valence-corrected chi connectivity index (χ0v) is 15.9. The number of carbonyl (C=O) groups excluding carboxylic acids is 2. The molecule has 0 unspecified atom stereocenters. The van der Waals surface area contributed by atoms with Crippen LogP contribution in [0.25, 0.3) is 0 Å². The van der Waals surface area contributed by atoms with Crippen LogP contribution in [0.1, 0.15) is 43.7 Å². The molecule has 3 nitrogen and oxygen atoms in total. The second-order valence-electron chi connectivity index (χ2n) is 6.98. The predicted molar refractivity (Wildman–Crippen MR) is 98.9 cm³/mol. The van der Waals surface area contributed by atoms with Gasteiger partial charge in [-0.1, -0.05) is 24.3 Å². The van der Waals surface area contributed by atoms with E-state index in [1.165, 1.54) is 24.3 Å². The Kier molecular flexibility index (Phi) is 4.08. The number of benzene rings is 2. The van der Waals surface area contributed by atoms with Crippen molar-refractivity contribution >= 4 is 35.4 Å². The number of hydrogen-bond acceptors (Lipinski definition) is 3. The van der Waals surface area contributed by atoms with Crippen LogP contribution in [0.2, 0.25) is 0 Å². The molecule has 4 aliphatic rings. The van der Waals surface area contributed by atoms with E-state index < -0.39 is 57.5 Å². The van der Waals surface area contributed by atoms with Gasteiger partial charge in [-0.3, -0.25) is 9.59 Å². The average molecular weight is 440 g/mol. The first kappa shape index (κ1) is 18.7. The Hall–Kier alpha value is -2.32. The fraction of sp³-hybridized carbons (Fsp3) is 0.200. The third-order valence-electron chi connectivity index (χ3n) is 5.53. The van der Waals surface area contributed by atoms with Gasteiger partial charge in [-0.05, 0) is 24.1 Å². The van der Waals surface area contributed by atoms with E-state index >= 15 is 0 Å². The highest BCUT2D eigenvalue weighted by atomic mass is 35.5. The van der Waals surface area contributed by atoms with Gasteiger partial charge in [0.05, 0.1) is 21.8 Å². The lowest BCUT2D eigenvalue weighted by Gasteiger charge is -2.43. The third-order valence-corrected chi connectivity index (χ3v) is 7.59. The molecule has 4 atom stereocenters. The average Bonchev–Trinajstić information content (AvgIpc) is 2.97. The molecule has 2 bridgehead atoms. The minimum absolute atomic E-state index is 0.235. The van der Waals surface area contributed by atoms with Crippen LogP contribution in [-0.4, -0.2) is 26.7 Å². The monoisotopic (exact) mass is 439 g/mol. The molecule has 1 aliphatic heterocycles. The van der Waals surface area contributed by atoms with E-state index in [1.807, 2.05) is 0 Å². The Labute approximate surface area is 171 Å². The number of amides is 2. The number of imide groups is 1. The molecular formula is C20H10ClF4NO2S. The molecule has 0 saturated heterocycles. The van der Waals surface area contributed by atoms with Crippen molar-refractivity contribution in [3.8, 4) is 0 Å². The number of fused-ring (bicyclic) bond motifs is 2. The number of rotatable bonds is 2. The summed E-state index contributed by atoms with van der Waals surface area (Å²) in [5, 5.41) is -1.63. The van der Waals surface area contributed by atoms with Crippen LogP contribution in [0.15, 0.2) is 36.4 Å². The molecule has 0 fully saturated rings. The van der Waals surface area contributed by atoms with Crippen molar-refractivity contribution in [3.63, 3.8) is 0 Å². The smallest absolute Gasteiger partial charge is 0.268 e. The molecule has 0 spiro atoms. The van der Waals surface area contributed by atoms with Gasteiger partial charge in [-0.15, -0.1) is 11.6 Å². The molecule has 2 amide bonds. The molecule has 6 rings (SSSR count). The highest BCUT2D eigenvalue weighted by Gasteiger charge is 2.50. The summed E-state index contributed by atoms with van der Waals surface area (Å²) in [5.74, 6) is -9.65. The van der Waals surface area contributed by atoms with Gasteiger partial charge >= 0.3 is 0 Å². The van der Waals surface area contributed by atoms with Crippen molar-refractivity contribution < 1.29 is 27.2 Å². The van der Waals surface area contributed by atoms with Gasteiger partial charge in [0.1, 0.15) is 0 Å². The minimum atomic E-state index is -1.89. The molecule has 0 saturated carbocycles. The van der Waals surface area contributed by atoms with Gasteiger partial charge in [0.25, 0.3) is 11.8 Å². The SMILES string of the molecule is O=C1c2ccccc2C(=O)N1S[C@@H]1[C@@H](Cl)[C@@H]2C=C[C@H]1c1c(F)c(F)c(F)c(F)c12. The third kappa shape index (κ3) is 2.39. The molecule has 0 aromatic heterocycles. The van der Waals surface area contributed by atoms with E-state index in [4.69, 9.17) is 11.6 Å². The summed E-state index contributed by atoms with van der Waals surface area (Å²) in [6.45, 7) is 0. The highest BCUT2D eigenvalue weighted by molar-refractivity contribution is 7.98. The molecule has 3 aliphatic carbocycles. The van der Waals surface area contributed by atoms with Crippen molar-refractivity contribution in [3.05, 3.63) is 81.9 Å². The molecule has 2 aromatic rings. The first-order valence-corrected chi connectivity index (χ1v) is 9.93. The summed E-state index contributed by atoms with van der Waals surface area (Å²) in [5.41, 5.74) is -0.162. The molecule has 1 heterocycles. The zero-order chi connectivity index (χ0) is 20.6. The maximum Gasteiger partial charge on any atom is 0.271 e. The van der Waals surface area contributed by atoms with Crippen LogP contribution < -0.4 is 0 Å². The summed E-state index contributed by atoms with van der Waals surface area (Å²) in [7, 11) is 0. The van der Waals surface area contributed by atoms with E-state index in [2.05, 4.69) is 0 Å². The number of nitrogens with zero attached hydrogens (tertiary/aromatic N) is 1. The maximum atomic E-state index is 14.5. The number of alkyl halides is 1. The highest BCUT2D eigenvalue weighted by Crippen LogP contribution is 2.54. The second kappa shape index (κ2) is 6.34. The van der Waals surface area contributed by atoms with Crippen LogP contribution in [-0.2, 0) is 0 Å². The normalized spacial score (nSPS) is 26.9. The molecule has 0 radical (unpaired) electrons. The minimum Gasteiger partial charge on any atom is -0.268 e. The second-order valence-corrected chi connectivity index (χ2v) is 8.61. The summed E-state index contributed by atoms with van der Waals surface area (Å²) < 4.78 is 57.5. The van der Waals surface area contributed by atoms with E-state index in [-0.39, 0.29) is 22.3 Å². The van der Waals surface area contributed by atoms with Crippen LogP contribution in [0.3, 0.4) is 0 Å². The standard InChI is InChI=1S/C20H10ClF4NO2S/c21-13-9-5-6-10(12-11(9)14(22)16(24)17(25)15(12)23)18(13)29-26-19(27)7-3-1-2-4-8(7)20(26)28/h1-6,9-10,13,18H/t9-,10+,13+,18+/m1/s1. The summed E-state index contributed by atoms with van der Waals surface area (Å²) in [6, 6.07) is 6.28. The van der Waals surface area contributed by atoms with Gasteiger partial charge in [-0.2, -0.15) is 0 Å². The van der Waals surface area contributed by atoms with Crippen molar-refractivity contribution in [1.82, 2.24) is 4.31 Å². The molecule has 148 valence electrons. The van der Waals surface area contributed by atoms with Crippen molar-refractivity contribution in [1.29, 1.82) is 0 Å². The lowest BCUT2D eigenvalue weighted by atomic mass is 9.70. The van der Waals surface area contributed by atoms with Gasteiger partial charge < -0.3 is 0 Å². The fourth-order valence-corrected chi connectivity index (χ4v) is 5.98. The molecule has 2 aromatic carbocycles. The Morgan fingerprint density at radius 1 is 0.793 bits per heavy atom. The lowest BCUT2D eigenvalue weighted by Crippen LogP contribution is -2.43. The first-order chi connectivity index (χ1) is 13.8. The Morgan fingerprint density at radius 3 is 1.83 bits per heavy atom. The summed E-state index contributed by atoms with van der Waals surface area (Å²) in [4.78, 5) is 25.3.